The number of rotatable bonds is 13. The van der Waals surface area contributed by atoms with Crippen LogP contribution in [0.3, 0.4) is 0 Å². The second-order valence-corrected chi connectivity index (χ2v) is 15.2. The van der Waals surface area contributed by atoms with Crippen molar-refractivity contribution < 1.29 is 8.60 Å². The van der Waals surface area contributed by atoms with Crippen molar-refractivity contribution in [1.29, 1.82) is 5.26 Å². The Morgan fingerprint density at radius 1 is 1.23 bits per heavy atom. The molecule has 1 unspecified atom stereocenters. The van der Waals surface area contributed by atoms with Gasteiger partial charge in [0.25, 0.3) is 0 Å². The van der Waals surface area contributed by atoms with Crippen molar-refractivity contribution in [2.24, 2.45) is 5.92 Å². The van der Waals surface area contributed by atoms with E-state index in [-0.39, 0.29) is 5.54 Å². The molecule has 0 saturated heterocycles. The molecule has 1 aliphatic carbocycles. The molecule has 1 atom stereocenters. The zero-order chi connectivity index (χ0) is 29.1. The topological polar surface area (TPSA) is 56.1 Å². The van der Waals surface area contributed by atoms with Crippen LogP contribution in [0.4, 0.5) is 4.39 Å². The smallest absolute Gasteiger partial charge is 0.108 e. The number of allylic oxidation sites excluding steroid dienone is 2. The summed E-state index contributed by atoms with van der Waals surface area (Å²) in [6.45, 7) is 16.6. The maximum absolute atomic E-state index is 14.4. The average molecular weight is 566 g/mol. The Hall–Kier alpha value is -2.36. The fourth-order valence-corrected chi connectivity index (χ4v) is 8.28. The highest BCUT2D eigenvalue weighted by Crippen LogP contribution is 2.45. The van der Waals surface area contributed by atoms with E-state index in [4.69, 9.17) is 0 Å². The van der Waals surface area contributed by atoms with Gasteiger partial charge in [-0.25, -0.2) is 4.39 Å². The van der Waals surface area contributed by atoms with Crippen molar-refractivity contribution in [2.75, 3.05) is 18.8 Å². The molecule has 0 amide bonds. The molecule has 40 heavy (non-hydrogen) atoms. The molecule has 1 N–H and O–H groups in total. The number of nitriles is 1. The van der Waals surface area contributed by atoms with Crippen molar-refractivity contribution in [1.82, 2.24) is 10.2 Å². The van der Waals surface area contributed by atoms with Gasteiger partial charge in [0.1, 0.15) is 11.7 Å². The largest absolute Gasteiger partial charge is 0.361 e. The van der Waals surface area contributed by atoms with Crippen molar-refractivity contribution in [3.05, 3.63) is 64.5 Å². The minimum Gasteiger partial charge on any atom is -0.361 e. The Kier molecular flexibility index (Phi) is 9.37. The van der Waals surface area contributed by atoms with E-state index in [0.29, 0.717) is 30.9 Å². The number of unbranched alkanes of at least 4 members (excludes halogenated alkanes) is 1. The van der Waals surface area contributed by atoms with Crippen LogP contribution < -0.4 is 5.32 Å². The summed E-state index contributed by atoms with van der Waals surface area (Å²) in [6, 6.07) is 10.6. The molecule has 1 fully saturated rings. The van der Waals surface area contributed by atoms with Crippen LogP contribution in [0.2, 0.25) is 0 Å². The molecule has 1 aromatic rings. The minimum atomic E-state index is -1.87. The second kappa shape index (κ2) is 12.2. The normalized spacial score (nSPS) is 28.2. The van der Waals surface area contributed by atoms with Gasteiger partial charge in [0.05, 0.1) is 5.57 Å². The van der Waals surface area contributed by atoms with Gasteiger partial charge in [-0.1, -0.05) is 51.5 Å². The molecule has 0 bridgehead atoms. The van der Waals surface area contributed by atoms with E-state index in [0.717, 1.165) is 84.6 Å². The molecular weight excluding hydrogens is 517 g/mol. The molecule has 4 rings (SSSR count). The Morgan fingerprint density at radius 2 is 1.88 bits per heavy atom. The first-order valence-electron chi connectivity index (χ1n) is 15.1. The molecule has 0 spiro atoms. The predicted molar refractivity (Wildman–Crippen MR) is 166 cm³/mol. The summed E-state index contributed by atoms with van der Waals surface area (Å²) in [5.41, 5.74) is 5.12. The third-order valence-corrected chi connectivity index (χ3v) is 11.4. The van der Waals surface area contributed by atoms with Crippen LogP contribution in [0.15, 0.2) is 63.9 Å². The van der Waals surface area contributed by atoms with Crippen LogP contribution in [-0.2, 0) is 15.9 Å². The third kappa shape index (κ3) is 6.74. The quantitative estimate of drug-likeness (QED) is 0.199. The molecule has 2 aliphatic heterocycles. The molecule has 1 aromatic carbocycles. The monoisotopic (exact) mass is 565 g/mol. The fraction of sp³-hybridized carbons (Fsp3) is 0.588. The molecule has 6 heteroatoms. The summed E-state index contributed by atoms with van der Waals surface area (Å²) in [7, 11) is -1.87. The first-order chi connectivity index (χ1) is 19.0. The number of nitrogens with zero attached hydrogens (tertiary/aromatic N) is 2. The summed E-state index contributed by atoms with van der Waals surface area (Å²) >= 11 is 0. The molecule has 2 heterocycles. The first-order valence-corrected chi connectivity index (χ1v) is 16.9. The number of hydrogen-bond acceptors (Lipinski definition) is 4. The average Bonchev–Trinajstić information content (AvgIpc) is 3.66. The van der Waals surface area contributed by atoms with Gasteiger partial charge in [0, 0.05) is 56.6 Å². The maximum atomic E-state index is 14.4. The Balaban J connectivity index is 1.57. The van der Waals surface area contributed by atoms with Crippen LogP contribution in [0, 0.1) is 17.2 Å². The van der Waals surface area contributed by atoms with Gasteiger partial charge < -0.3 is 5.32 Å². The highest BCUT2D eigenvalue weighted by molar-refractivity contribution is 8.09. The SMILES string of the molecule is C=C(Cc1ccc(S2(=O)=CC2)cc1)N/C(CCCC)=C(\C#N)C1=C(C)CC(CC)(CC)N(CC2CC(C)(F)C2)C1. The van der Waals surface area contributed by atoms with Crippen LogP contribution >= 0.6 is 0 Å². The number of nitrogens with one attached hydrogen (secondary N) is 1. The van der Waals surface area contributed by atoms with Gasteiger partial charge in [0.15, 0.2) is 0 Å². The zero-order valence-electron chi connectivity index (χ0n) is 25.2. The predicted octanol–water partition coefficient (Wildman–Crippen LogP) is 7.48. The van der Waals surface area contributed by atoms with E-state index in [1.165, 1.54) is 5.57 Å². The Morgan fingerprint density at radius 3 is 2.40 bits per heavy atom. The number of halogens is 1. The summed E-state index contributed by atoms with van der Waals surface area (Å²) in [6.07, 6.45) is 7.75. The van der Waals surface area contributed by atoms with E-state index in [2.05, 4.69) is 50.6 Å². The lowest BCUT2D eigenvalue weighted by Gasteiger charge is -2.51. The molecule has 3 aliphatic rings. The molecule has 218 valence electrons. The molecule has 1 saturated carbocycles. The molecular formula is C34H48FN3OS. The molecule has 4 nitrogen and oxygen atoms in total. The number of hydrogen-bond donors (Lipinski definition) is 1. The van der Waals surface area contributed by atoms with Gasteiger partial charge in [-0.3, -0.25) is 9.11 Å². The van der Waals surface area contributed by atoms with Crippen LogP contribution in [0.5, 0.6) is 0 Å². The van der Waals surface area contributed by atoms with E-state index in [1.54, 1.807) is 6.92 Å². The van der Waals surface area contributed by atoms with Crippen LogP contribution in [0.25, 0.3) is 0 Å². The van der Waals surface area contributed by atoms with E-state index < -0.39 is 15.2 Å². The number of benzene rings is 1. The second-order valence-electron chi connectivity index (χ2n) is 12.6. The van der Waals surface area contributed by atoms with Crippen molar-refractivity contribution in [3.63, 3.8) is 0 Å². The summed E-state index contributed by atoms with van der Waals surface area (Å²) in [5, 5.41) is 16.0. The van der Waals surface area contributed by atoms with Gasteiger partial charge in [-0.05, 0) is 93.3 Å². The van der Waals surface area contributed by atoms with Gasteiger partial charge in [-0.2, -0.15) is 5.26 Å². The number of alkyl halides is 1. The van der Waals surface area contributed by atoms with Crippen molar-refractivity contribution in [3.8, 4) is 6.07 Å². The lowest BCUT2D eigenvalue weighted by atomic mass is 9.71. The van der Waals surface area contributed by atoms with Crippen molar-refractivity contribution in [2.45, 2.75) is 109 Å². The van der Waals surface area contributed by atoms with Crippen molar-refractivity contribution >= 4 is 14.9 Å². The summed E-state index contributed by atoms with van der Waals surface area (Å²) in [4.78, 5) is 3.48. The fourth-order valence-electron chi connectivity index (χ4n) is 6.80. The maximum Gasteiger partial charge on any atom is 0.108 e. The van der Waals surface area contributed by atoms with Gasteiger partial charge in [0.2, 0.25) is 0 Å². The molecule has 0 aromatic heterocycles. The Labute approximate surface area is 242 Å². The summed E-state index contributed by atoms with van der Waals surface area (Å²) < 4.78 is 26.8. The lowest BCUT2D eigenvalue weighted by molar-refractivity contribution is -0.0216. The summed E-state index contributed by atoms with van der Waals surface area (Å²) in [5.74, 6) is 1.06. The van der Waals surface area contributed by atoms with E-state index in [1.807, 2.05) is 29.6 Å². The van der Waals surface area contributed by atoms with E-state index >= 15 is 0 Å². The third-order valence-electron chi connectivity index (χ3n) is 9.39. The highest BCUT2D eigenvalue weighted by atomic mass is 32.2. The highest BCUT2D eigenvalue weighted by Gasteiger charge is 2.45. The zero-order valence-corrected chi connectivity index (χ0v) is 26.1. The first kappa shape index (κ1) is 30.6. The minimum absolute atomic E-state index is 0.0613. The van der Waals surface area contributed by atoms with Crippen LogP contribution in [0.1, 0.15) is 91.5 Å². The van der Waals surface area contributed by atoms with Crippen LogP contribution in [-0.4, -0.2) is 44.5 Å². The molecule has 0 radical (unpaired) electrons. The Bertz CT molecular complexity index is 1330. The van der Waals surface area contributed by atoms with Gasteiger partial charge >= 0.3 is 0 Å². The standard InChI is InChI=1S/C34H48FN3OS/c1-7-10-11-32(37-26(5)18-27-12-14-29(15-13-27)40(39)16-17-40)30(22-36)31-24-38(23-28-20-33(6,35)21-28)34(8-2,9-3)19-25(31)4/h12-16,28,37H,5,7-11,17-21,23-24H2,1-4,6H3/b32-30+. The van der Waals surface area contributed by atoms with E-state index in [9.17, 15) is 13.9 Å². The van der Waals surface area contributed by atoms with Gasteiger partial charge in [-0.15, -0.1) is 0 Å². The lowest BCUT2D eigenvalue weighted by Crippen LogP contribution is -2.55.